The summed E-state index contributed by atoms with van der Waals surface area (Å²) in [5.74, 6) is -0.297. The Kier molecular flexibility index (Phi) is 5.33. The lowest BCUT2D eigenvalue weighted by molar-refractivity contribution is 0.600. The van der Waals surface area contributed by atoms with E-state index < -0.39 is 10.0 Å². The number of halogens is 2. The van der Waals surface area contributed by atoms with Crippen molar-refractivity contribution < 1.29 is 8.42 Å². The van der Waals surface area contributed by atoms with Crippen LogP contribution in [0.4, 0.5) is 5.69 Å². The molecule has 0 amide bonds. The van der Waals surface area contributed by atoms with Crippen LogP contribution in [-0.2, 0) is 15.8 Å². The van der Waals surface area contributed by atoms with Crippen molar-refractivity contribution in [1.29, 1.82) is 0 Å². The third kappa shape index (κ3) is 4.34. The highest BCUT2D eigenvalue weighted by atomic mass is 35.5. The van der Waals surface area contributed by atoms with Crippen molar-refractivity contribution in [2.24, 2.45) is 0 Å². The molecular weight excluding hydrogens is 377 g/mol. The third-order valence-corrected chi connectivity index (χ3v) is 5.58. The fraction of sp³-hybridized carbons (Fsp3) is 0.0526. The molecule has 0 atom stereocenters. The SMILES string of the molecule is O=S(=O)(Cc1c(Cl)cccc1Cl)Nc1ccccc1-c1ccccc1. The van der Waals surface area contributed by atoms with Crippen LogP contribution in [0.2, 0.25) is 10.0 Å². The summed E-state index contributed by atoms with van der Waals surface area (Å²) in [5, 5.41) is 0.656. The summed E-state index contributed by atoms with van der Waals surface area (Å²) < 4.78 is 27.9. The van der Waals surface area contributed by atoms with E-state index in [-0.39, 0.29) is 5.75 Å². The van der Waals surface area contributed by atoms with Crippen LogP contribution in [0.15, 0.2) is 72.8 Å². The van der Waals surface area contributed by atoms with Crippen molar-refractivity contribution in [2.75, 3.05) is 4.72 Å². The monoisotopic (exact) mass is 391 g/mol. The highest BCUT2D eigenvalue weighted by molar-refractivity contribution is 7.91. The molecule has 0 radical (unpaired) electrons. The Hall–Kier alpha value is -2.01. The van der Waals surface area contributed by atoms with Gasteiger partial charge in [0.05, 0.1) is 11.4 Å². The number of rotatable bonds is 5. The predicted octanol–water partition coefficient (Wildman–Crippen LogP) is 5.60. The minimum atomic E-state index is -3.68. The fourth-order valence-electron chi connectivity index (χ4n) is 2.51. The first-order valence-corrected chi connectivity index (χ1v) is 9.95. The van der Waals surface area contributed by atoms with Crippen LogP contribution in [0, 0.1) is 0 Å². The van der Waals surface area contributed by atoms with Crippen molar-refractivity contribution >= 4 is 38.9 Å². The fourth-order valence-corrected chi connectivity index (χ4v) is 4.47. The van der Waals surface area contributed by atoms with Gasteiger partial charge in [-0.1, -0.05) is 77.8 Å². The molecule has 0 unspecified atom stereocenters. The van der Waals surface area contributed by atoms with Gasteiger partial charge in [0.25, 0.3) is 0 Å². The van der Waals surface area contributed by atoms with Crippen molar-refractivity contribution in [1.82, 2.24) is 0 Å². The molecule has 0 saturated heterocycles. The zero-order chi connectivity index (χ0) is 17.9. The van der Waals surface area contributed by atoms with Crippen molar-refractivity contribution in [3.8, 4) is 11.1 Å². The Balaban J connectivity index is 1.92. The number of hydrogen-bond donors (Lipinski definition) is 1. The van der Waals surface area contributed by atoms with E-state index in [9.17, 15) is 8.42 Å². The highest BCUT2D eigenvalue weighted by Crippen LogP contribution is 2.30. The highest BCUT2D eigenvalue weighted by Gasteiger charge is 2.18. The van der Waals surface area contributed by atoms with Gasteiger partial charge in [-0.3, -0.25) is 4.72 Å². The van der Waals surface area contributed by atoms with Gasteiger partial charge in [-0.15, -0.1) is 0 Å². The van der Waals surface area contributed by atoms with Crippen LogP contribution in [0.3, 0.4) is 0 Å². The lowest BCUT2D eigenvalue weighted by atomic mass is 10.0. The van der Waals surface area contributed by atoms with Crippen molar-refractivity contribution in [2.45, 2.75) is 5.75 Å². The average molecular weight is 392 g/mol. The molecule has 0 aromatic heterocycles. The van der Waals surface area contributed by atoms with Crippen LogP contribution in [0.1, 0.15) is 5.56 Å². The van der Waals surface area contributed by atoms with E-state index in [1.807, 2.05) is 42.5 Å². The average Bonchev–Trinajstić information content (AvgIpc) is 2.59. The first kappa shape index (κ1) is 17.8. The summed E-state index contributed by atoms with van der Waals surface area (Å²) in [5.41, 5.74) is 2.63. The van der Waals surface area contributed by atoms with Crippen molar-refractivity contribution in [3.05, 3.63) is 88.4 Å². The van der Waals surface area contributed by atoms with Crippen molar-refractivity contribution in [3.63, 3.8) is 0 Å². The van der Waals surface area contributed by atoms with E-state index in [0.717, 1.165) is 11.1 Å². The van der Waals surface area contributed by atoms with E-state index in [1.54, 1.807) is 30.3 Å². The Labute approximate surface area is 157 Å². The summed E-state index contributed by atoms with van der Waals surface area (Å²) in [7, 11) is -3.68. The lowest BCUT2D eigenvalue weighted by Gasteiger charge is -2.14. The van der Waals surface area contributed by atoms with E-state index in [2.05, 4.69) is 4.72 Å². The molecule has 0 aliphatic carbocycles. The van der Waals surface area contributed by atoms with Crippen LogP contribution in [0.25, 0.3) is 11.1 Å². The molecule has 3 aromatic carbocycles. The molecular formula is C19H15Cl2NO2S. The van der Waals surface area contributed by atoms with Gasteiger partial charge >= 0.3 is 0 Å². The first-order valence-electron chi connectivity index (χ1n) is 7.54. The molecule has 3 rings (SSSR count). The second-order valence-electron chi connectivity index (χ2n) is 5.47. The maximum absolute atomic E-state index is 12.6. The van der Waals surface area contributed by atoms with Crippen LogP contribution in [0.5, 0.6) is 0 Å². The largest absolute Gasteiger partial charge is 0.283 e. The summed E-state index contributed by atoms with van der Waals surface area (Å²) in [4.78, 5) is 0. The molecule has 1 N–H and O–H groups in total. The van der Waals surface area contributed by atoms with Gasteiger partial charge in [0, 0.05) is 21.2 Å². The van der Waals surface area contributed by atoms with Gasteiger partial charge in [-0.25, -0.2) is 8.42 Å². The van der Waals surface area contributed by atoms with Gasteiger partial charge in [0.15, 0.2) is 0 Å². The predicted molar refractivity (Wildman–Crippen MR) is 105 cm³/mol. The molecule has 3 aromatic rings. The van der Waals surface area contributed by atoms with E-state index in [4.69, 9.17) is 23.2 Å². The second kappa shape index (κ2) is 7.48. The lowest BCUT2D eigenvalue weighted by Crippen LogP contribution is -2.16. The summed E-state index contributed by atoms with van der Waals surface area (Å²) in [6, 6.07) is 21.8. The zero-order valence-electron chi connectivity index (χ0n) is 13.1. The molecule has 0 aliphatic rings. The minimum absolute atomic E-state index is 0.297. The number of sulfonamides is 1. The van der Waals surface area contributed by atoms with E-state index >= 15 is 0 Å². The van der Waals surface area contributed by atoms with E-state index in [0.29, 0.717) is 21.3 Å². The maximum atomic E-state index is 12.6. The summed E-state index contributed by atoms with van der Waals surface area (Å²) >= 11 is 12.2. The Morgan fingerprint density at radius 2 is 1.36 bits per heavy atom. The van der Waals surface area contributed by atoms with Crippen LogP contribution in [-0.4, -0.2) is 8.42 Å². The molecule has 0 saturated carbocycles. The summed E-state index contributed by atoms with van der Waals surface area (Å²) in [6.45, 7) is 0. The minimum Gasteiger partial charge on any atom is -0.283 e. The second-order valence-corrected chi connectivity index (χ2v) is 8.01. The van der Waals surface area contributed by atoms with Gasteiger partial charge in [0.2, 0.25) is 10.0 Å². The number of anilines is 1. The van der Waals surface area contributed by atoms with Gasteiger partial charge in [-0.2, -0.15) is 0 Å². The third-order valence-electron chi connectivity index (χ3n) is 3.67. The normalized spacial score (nSPS) is 11.3. The van der Waals surface area contributed by atoms with Gasteiger partial charge in [-0.05, 0) is 23.8 Å². The number of para-hydroxylation sites is 1. The smallest absolute Gasteiger partial charge is 0.237 e. The first-order chi connectivity index (χ1) is 12.0. The maximum Gasteiger partial charge on any atom is 0.237 e. The topological polar surface area (TPSA) is 46.2 Å². The molecule has 6 heteroatoms. The quantitative estimate of drug-likeness (QED) is 0.614. The molecule has 25 heavy (non-hydrogen) atoms. The number of nitrogens with one attached hydrogen (secondary N) is 1. The standard InChI is InChI=1S/C19H15Cl2NO2S/c20-17-10-6-11-18(21)16(17)13-25(23,24)22-19-12-5-4-9-15(19)14-7-2-1-3-8-14/h1-12,22H,13H2. The molecule has 0 bridgehead atoms. The Bertz CT molecular complexity index is 969. The Morgan fingerprint density at radius 1 is 0.760 bits per heavy atom. The number of benzene rings is 3. The van der Waals surface area contributed by atoms with E-state index in [1.165, 1.54) is 0 Å². The van der Waals surface area contributed by atoms with Gasteiger partial charge in [0.1, 0.15) is 0 Å². The van der Waals surface area contributed by atoms with Crippen LogP contribution >= 0.6 is 23.2 Å². The molecule has 0 fully saturated rings. The summed E-state index contributed by atoms with van der Waals surface area (Å²) in [6.07, 6.45) is 0. The molecule has 3 nitrogen and oxygen atoms in total. The van der Waals surface area contributed by atoms with Gasteiger partial charge < -0.3 is 0 Å². The molecule has 0 aliphatic heterocycles. The number of hydrogen-bond acceptors (Lipinski definition) is 2. The molecule has 0 spiro atoms. The molecule has 128 valence electrons. The Morgan fingerprint density at radius 3 is 2.04 bits per heavy atom. The van der Waals surface area contributed by atoms with Crippen LogP contribution < -0.4 is 4.72 Å². The molecule has 0 heterocycles. The zero-order valence-corrected chi connectivity index (χ0v) is 15.4.